The SMILES string of the molecule is COC(=O)c1ccc(/C=C2\CCn3c2nc2cc([N+](=O)[O-])ccc2c3=O)cc1. The van der Waals surface area contributed by atoms with E-state index in [1.807, 2.05) is 6.08 Å². The zero-order valence-corrected chi connectivity index (χ0v) is 14.9. The van der Waals surface area contributed by atoms with Crippen molar-refractivity contribution >= 4 is 34.2 Å². The zero-order chi connectivity index (χ0) is 19.8. The molecule has 0 amide bonds. The Morgan fingerprint density at radius 1 is 1.25 bits per heavy atom. The molecule has 0 N–H and O–H groups in total. The summed E-state index contributed by atoms with van der Waals surface area (Å²) in [6.07, 6.45) is 2.52. The summed E-state index contributed by atoms with van der Waals surface area (Å²) < 4.78 is 6.27. The molecule has 0 unspecified atom stereocenters. The first-order valence-electron chi connectivity index (χ1n) is 8.56. The molecule has 0 aliphatic carbocycles. The van der Waals surface area contributed by atoms with Crippen LogP contribution in [0.15, 0.2) is 47.3 Å². The maximum absolute atomic E-state index is 12.7. The minimum Gasteiger partial charge on any atom is -0.465 e. The molecule has 0 fully saturated rings. The largest absolute Gasteiger partial charge is 0.465 e. The number of non-ortho nitro benzene ring substituents is 1. The highest BCUT2D eigenvalue weighted by atomic mass is 16.6. The molecule has 1 aliphatic rings. The van der Waals surface area contributed by atoms with Crippen LogP contribution >= 0.6 is 0 Å². The second-order valence-electron chi connectivity index (χ2n) is 6.38. The molecule has 28 heavy (non-hydrogen) atoms. The number of rotatable bonds is 3. The molecule has 140 valence electrons. The molecule has 3 aromatic rings. The molecule has 8 nitrogen and oxygen atoms in total. The molecule has 0 spiro atoms. The molecule has 2 aromatic carbocycles. The first-order chi connectivity index (χ1) is 13.5. The minimum absolute atomic E-state index is 0.105. The van der Waals surface area contributed by atoms with Crippen LogP contribution in [0.2, 0.25) is 0 Å². The average Bonchev–Trinajstić information content (AvgIpc) is 3.10. The van der Waals surface area contributed by atoms with Crippen molar-refractivity contribution in [2.24, 2.45) is 0 Å². The maximum Gasteiger partial charge on any atom is 0.337 e. The summed E-state index contributed by atoms with van der Waals surface area (Å²) in [6, 6.07) is 11.0. The molecule has 0 saturated carbocycles. The summed E-state index contributed by atoms with van der Waals surface area (Å²) in [6.45, 7) is 0.500. The molecule has 4 rings (SSSR count). The van der Waals surface area contributed by atoms with E-state index in [2.05, 4.69) is 9.72 Å². The quantitative estimate of drug-likeness (QED) is 0.395. The Balaban J connectivity index is 1.78. The molecule has 1 aliphatic heterocycles. The zero-order valence-electron chi connectivity index (χ0n) is 14.9. The van der Waals surface area contributed by atoms with Crippen molar-refractivity contribution in [1.29, 1.82) is 0 Å². The van der Waals surface area contributed by atoms with E-state index in [9.17, 15) is 19.7 Å². The van der Waals surface area contributed by atoms with Gasteiger partial charge in [0.2, 0.25) is 0 Å². The van der Waals surface area contributed by atoms with Gasteiger partial charge in [0.1, 0.15) is 5.82 Å². The van der Waals surface area contributed by atoms with Gasteiger partial charge in [-0.2, -0.15) is 0 Å². The van der Waals surface area contributed by atoms with E-state index in [4.69, 9.17) is 0 Å². The number of carbonyl (C=O) groups is 1. The number of nitrogens with zero attached hydrogens (tertiary/aromatic N) is 3. The monoisotopic (exact) mass is 377 g/mol. The van der Waals surface area contributed by atoms with E-state index in [0.29, 0.717) is 35.3 Å². The Morgan fingerprint density at radius 2 is 2.00 bits per heavy atom. The van der Waals surface area contributed by atoms with Crippen molar-refractivity contribution in [2.45, 2.75) is 13.0 Å². The number of hydrogen-bond donors (Lipinski definition) is 0. The highest BCUT2D eigenvalue weighted by Crippen LogP contribution is 2.28. The van der Waals surface area contributed by atoms with Crippen LogP contribution in [-0.2, 0) is 11.3 Å². The van der Waals surface area contributed by atoms with Gasteiger partial charge in [0, 0.05) is 18.7 Å². The van der Waals surface area contributed by atoms with Crippen LogP contribution < -0.4 is 5.56 Å². The van der Waals surface area contributed by atoms with Crippen molar-refractivity contribution < 1.29 is 14.5 Å². The Labute approximate surface area is 158 Å². The van der Waals surface area contributed by atoms with Crippen molar-refractivity contribution in [3.63, 3.8) is 0 Å². The average molecular weight is 377 g/mol. The van der Waals surface area contributed by atoms with Gasteiger partial charge in [-0.05, 0) is 41.8 Å². The first-order valence-corrected chi connectivity index (χ1v) is 8.56. The number of fused-ring (bicyclic) bond motifs is 2. The predicted molar refractivity (Wildman–Crippen MR) is 103 cm³/mol. The van der Waals surface area contributed by atoms with E-state index in [-0.39, 0.29) is 11.2 Å². The number of hydrogen-bond acceptors (Lipinski definition) is 6. The topological polar surface area (TPSA) is 104 Å². The van der Waals surface area contributed by atoms with Gasteiger partial charge in [-0.25, -0.2) is 9.78 Å². The Hall–Kier alpha value is -3.81. The maximum atomic E-state index is 12.7. The molecule has 0 radical (unpaired) electrons. The van der Waals surface area contributed by atoms with E-state index < -0.39 is 10.9 Å². The minimum atomic E-state index is -0.508. The van der Waals surface area contributed by atoms with Gasteiger partial charge in [0.25, 0.3) is 11.2 Å². The number of benzene rings is 2. The summed E-state index contributed by atoms with van der Waals surface area (Å²) >= 11 is 0. The lowest BCUT2D eigenvalue weighted by atomic mass is 10.1. The predicted octanol–water partition coefficient (Wildman–Crippen LogP) is 3.04. The van der Waals surface area contributed by atoms with Crippen LogP contribution in [-0.4, -0.2) is 27.6 Å². The molecular formula is C20H15N3O5. The third-order valence-electron chi connectivity index (χ3n) is 4.71. The summed E-state index contributed by atoms with van der Waals surface area (Å²) in [5, 5.41) is 11.4. The smallest absolute Gasteiger partial charge is 0.337 e. The van der Waals surface area contributed by atoms with Gasteiger partial charge in [0.15, 0.2) is 0 Å². The fourth-order valence-corrected chi connectivity index (χ4v) is 3.29. The van der Waals surface area contributed by atoms with Crippen molar-refractivity contribution in [3.8, 4) is 0 Å². The lowest BCUT2D eigenvalue weighted by molar-refractivity contribution is -0.384. The second-order valence-corrected chi connectivity index (χ2v) is 6.38. The Morgan fingerprint density at radius 3 is 2.68 bits per heavy atom. The van der Waals surface area contributed by atoms with Gasteiger partial charge in [0.05, 0.1) is 28.5 Å². The van der Waals surface area contributed by atoms with Gasteiger partial charge in [-0.15, -0.1) is 0 Å². The first kappa shape index (κ1) is 17.6. The molecule has 2 heterocycles. The number of methoxy groups -OCH3 is 1. The van der Waals surface area contributed by atoms with Gasteiger partial charge >= 0.3 is 5.97 Å². The van der Waals surface area contributed by atoms with Crippen LogP contribution in [0.1, 0.15) is 28.2 Å². The number of nitro groups is 1. The van der Waals surface area contributed by atoms with E-state index in [1.54, 1.807) is 28.8 Å². The molecule has 0 atom stereocenters. The fraction of sp³-hybridized carbons (Fsp3) is 0.150. The summed E-state index contributed by atoms with van der Waals surface area (Å²) in [5.41, 5.74) is 2.15. The number of esters is 1. The lowest BCUT2D eigenvalue weighted by Crippen LogP contribution is -2.20. The van der Waals surface area contributed by atoms with E-state index in [0.717, 1.165) is 11.1 Å². The van der Waals surface area contributed by atoms with E-state index in [1.165, 1.54) is 25.3 Å². The molecule has 8 heteroatoms. The Kier molecular flexibility index (Phi) is 4.23. The number of carbonyl (C=O) groups excluding carboxylic acids is 1. The number of allylic oxidation sites excluding steroid dienone is 1. The Bertz CT molecular complexity index is 1210. The lowest BCUT2D eigenvalue weighted by Gasteiger charge is -2.06. The third kappa shape index (κ3) is 2.94. The normalized spacial score (nSPS) is 14.2. The number of aromatic nitrogens is 2. The van der Waals surface area contributed by atoms with Gasteiger partial charge in [-0.1, -0.05) is 12.1 Å². The molecular weight excluding hydrogens is 362 g/mol. The number of nitro benzene ring substituents is 1. The standard InChI is InChI=1S/C20H15N3O5/c1-28-20(25)13-4-2-12(3-5-13)10-14-8-9-22-18(14)21-17-11-15(23(26)27)6-7-16(17)19(22)24/h2-7,10-11H,8-9H2,1H3/b14-10+. The van der Waals surface area contributed by atoms with Crippen molar-refractivity contribution in [2.75, 3.05) is 7.11 Å². The molecule has 0 saturated heterocycles. The molecule has 1 aromatic heterocycles. The van der Waals surface area contributed by atoms with Crippen LogP contribution in [0.4, 0.5) is 5.69 Å². The molecule has 0 bridgehead atoms. The highest BCUT2D eigenvalue weighted by molar-refractivity contribution is 5.90. The van der Waals surface area contributed by atoms with Crippen LogP contribution in [0.5, 0.6) is 0 Å². The van der Waals surface area contributed by atoms with Crippen molar-refractivity contribution in [1.82, 2.24) is 9.55 Å². The summed E-state index contributed by atoms with van der Waals surface area (Å²) in [7, 11) is 1.33. The van der Waals surface area contributed by atoms with E-state index >= 15 is 0 Å². The summed E-state index contributed by atoms with van der Waals surface area (Å²) in [4.78, 5) is 39.3. The highest BCUT2D eigenvalue weighted by Gasteiger charge is 2.22. The van der Waals surface area contributed by atoms with Crippen molar-refractivity contribution in [3.05, 3.63) is 79.9 Å². The summed E-state index contributed by atoms with van der Waals surface area (Å²) in [5.74, 6) is 0.0988. The second kappa shape index (κ2) is 6.73. The van der Waals surface area contributed by atoms with Crippen LogP contribution in [0.25, 0.3) is 22.6 Å². The number of ether oxygens (including phenoxy) is 1. The van der Waals surface area contributed by atoms with Gasteiger partial charge in [-0.3, -0.25) is 19.5 Å². The van der Waals surface area contributed by atoms with Gasteiger partial charge < -0.3 is 4.74 Å². The van der Waals surface area contributed by atoms with Crippen LogP contribution in [0.3, 0.4) is 0 Å². The van der Waals surface area contributed by atoms with Crippen LogP contribution in [0, 0.1) is 10.1 Å². The third-order valence-corrected chi connectivity index (χ3v) is 4.71. The fourth-order valence-electron chi connectivity index (χ4n) is 3.29.